The molecule has 2 aromatic carbocycles. The van der Waals surface area contributed by atoms with Crippen LogP contribution in [0.5, 0.6) is 5.88 Å². The van der Waals surface area contributed by atoms with Crippen LogP contribution in [-0.4, -0.2) is 48.0 Å². The Morgan fingerprint density at radius 3 is 2.64 bits per heavy atom. The maximum absolute atomic E-state index is 13.3. The van der Waals surface area contributed by atoms with Crippen molar-refractivity contribution in [1.82, 2.24) is 25.0 Å². The Hall–Kier alpha value is -4.99. The Labute approximate surface area is 205 Å². The summed E-state index contributed by atoms with van der Waals surface area (Å²) in [5, 5.41) is 24.9. The maximum Gasteiger partial charge on any atom is 0.259 e. The highest BCUT2D eigenvalue weighted by Gasteiger charge is 2.16. The van der Waals surface area contributed by atoms with Crippen LogP contribution in [0.1, 0.15) is 43.2 Å². The first-order valence-corrected chi connectivity index (χ1v) is 11.2. The van der Waals surface area contributed by atoms with Gasteiger partial charge in [-0.05, 0) is 44.2 Å². The first kappa shape index (κ1) is 22.8. The zero-order valence-electron chi connectivity index (χ0n) is 19.8. The molecule has 10 heteroatoms. The summed E-state index contributed by atoms with van der Waals surface area (Å²) in [5.74, 6) is -0.0997. The number of hydrogen-bond donors (Lipinski definition) is 4. The molecular formula is C26H23N7O3. The third kappa shape index (κ3) is 4.39. The van der Waals surface area contributed by atoms with E-state index in [9.17, 15) is 14.7 Å². The van der Waals surface area contributed by atoms with Crippen LogP contribution < -0.4 is 5.32 Å². The number of nitrogens with zero attached hydrogens (tertiary/aromatic N) is 4. The first-order chi connectivity index (χ1) is 17.3. The number of benzene rings is 2. The topological polar surface area (TPSA) is 141 Å². The summed E-state index contributed by atoms with van der Waals surface area (Å²) < 4.78 is 1.58. The second kappa shape index (κ2) is 8.99. The lowest BCUT2D eigenvalue weighted by atomic mass is 10.0. The number of aliphatic imine (C=N–C) groups is 1. The van der Waals surface area contributed by atoms with E-state index in [1.807, 2.05) is 6.92 Å². The molecule has 0 spiro atoms. The minimum Gasteiger partial charge on any atom is -0.494 e. The number of hydrogen-bond acceptors (Lipinski definition) is 6. The fourth-order valence-corrected chi connectivity index (χ4v) is 4.00. The van der Waals surface area contributed by atoms with E-state index in [0.717, 1.165) is 5.69 Å². The number of ketones is 1. The maximum atomic E-state index is 13.3. The molecule has 0 radical (unpaired) electrons. The van der Waals surface area contributed by atoms with Gasteiger partial charge in [0.2, 0.25) is 0 Å². The summed E-state index contributed by atoms with van der Waals surface area (Å²) >= 11 is 0. The van der Waals surface area contributed by atoms with Gasteiger partial charge in [-0.3, -0.25) is 19.4 Å². The molecule has 0 saturated carbocycles. The van der Waals surface area contributed by atoms with E-state index < -0.39 is 0 Å². The average molecular weight is 482 g/mol. The van der Waals surface area contributed by atoms with Crippen LogP contribution in [0, 0.1) is 13.8 Å². The molecule has 0 atom stereocenters. The molecule has 0 aliphatic rings. The predicted molar refractivity (Wildman–Crippen MR) is 136 cm³/mol. The van der Waals surface area contributed by atoms with E-state index in [1.165, 1.54) is 6.21 Å². The first-order valence-electron chi connectivity index (χ1n) is 11.2. The van der Waals surface area contributed by atoms with Gasteiger partial charge in [0, 0.05) is 58.9 Å². The molecule has 0 aliphatic carbocycles. The van der Waals surface area contributed by atoms with Gasteiger partial charge in [0.1, 0.15) is 0 Å². The molecule has 5 rings (SSSR count). The van der Waals surface area contributed by atoms with Gasteiger partial charge in [0.25, 0.3) is 5.91 Å². The fourth-order valence-electron chi connectivity index (χ4n) is 4.00. The standard InChI is InChI=1S/C26H23N7O3/c1-14-9-23(31-30-14)27-12-20-19-11-17(7-8-22(19)29-25(20)35)24(34)16-5-4-6-18(10-16)28-26(36)21-13-33(3)32-15(21)2/h4-13,29,35H,1-3H3,(H,28,36)(H,30,31). The average Bonchev–Trinajstić information content (AvgIpc) is 3.52. The van der Waals surface area contributed by atoms with Crippen LogP contribution in [0.3, 0.4) is 0 Å². The van der Waals surface area contributed by atoms with E-state index in [0.29, 0.717) is 50.4 Å². The number of aromatic amines is 2. The molecule has 3 aromatic heterocycles. The molecule has 0 bridgehead atoms. The second-order valence-electron chi connectivity index (χ2n) is 8.48. The van der Waals surface area contributed by atoms with Crippen LogP contribution in [-0.2, 0) is 7.05 Å². The Morgan fingerprint density at radius 2 is 1.92 bits per heavy atom. The lowest BCUT2D eigenvalue weighted by molar-refractivity contribution is 0.102. The number of aromatic nitrogens is 5. The number of carbonyl (C=O) groups excluding carboxylic acids is 2. The molecule has 0 aliphatic heterocycles. The van der Waals surface area contributed by atoms with Crippen molar-refractivity contribution in [1.29, 1.82) is 0 Å². The lowest BCUT2D eigenvalue weighted by Crippen LogP contribution is -2.13. The highest BCUT2D eigenvalue weighted by atomic mass is 16.3. The molecule has 36 heavy (non-hydrogen) atoms. The third-order valence-corrected chi connectivity index (χ3v) is 5.74. The normalized spacial score (nSPS) is 11.4. The van der Waals surface area contributed by atoms with Crippen molar-refractivity contribution in [3.63, 3.8) is 0 Å². The zero-order chi connectivity index (χ0) is 25.4. The number of carbonyl (C=O) groups is 2. The second-order valence-corrected chi connectivity index (χ2v) is 8.48. The van der Waals surface area contributed by atoms with E-state index >= 15 is 0 Å². The third-order valence-electron chi connectivity index (χ3n) is 5.74. The summed E-state index contributed by atoms with van der Waals surface area (Å²) in [7, 11) is 1.75. The van der Waals surface area contributed by atoms with Gasteiger partial charge in [-0.15, -0.1) is 0 Å². The molecule has 4 N–H and O–H groups in total. The molecule has 180 valence electrons. The number of H-pyrrole nitrogens is 2. The molecule has 0 unspecified atom stereocenters. The van der Waals surface area contributed by atoms with Gasteiger partial charge in [0.05, 0.1) is 16.8 Å². The number of aryl methyl sites for hydroxylation is 3. The minimum atomic E-state index is -0.301. The monoisotopic (exact) mass is 481 g/mol. The van der Waals surface area contributed by atoms with Crippen molar-refractivity contribution >= 4 is 40.3 Å². The van der Waals surface area contributed by atoms with Gasteiger partial charge in [0.15, 0.2) is 17.5 Å². The van der Waals surface area contributed by atoms with Crippen LogP contribution in [0.2, 0.25) is 0 Å². The van der Waals surface area contributed by atoms with Crippen molar-refractivity contribution in [3.8, 4) is 5.88 Å². The highest BCUT2D eigenvalue weighted by molar-refractivity contribution is 6.13. The van der Waals surface area contributed by atoms with E-state index in [4.69, 9.17) is 0 Å². The van der Waals surface area contributed by atoms with Crippen LogP contribution in [0.4, 0.5) is 11.5 Å². The summed E-state index contributed by atoms with van der Waals surface area (Å²) in [6.45, 7) is 3.63. The van der Waals surface area contributed by atoms with Crippen molar-refractivity contribution in [2.24, 2.45) is 12.0 Å². The molecule has 0 fully saturated rings. The summed E-state index contributed by atoms with van der Waals surface area (Å²) in [6.07, 6.45) is 3.16. The number of rotatable bonds is 6. The van der Waals surface area contributed by atoms with Gasteiger partial charge >= 0.3 is 0 Å². The number of amides is 1. The van der Waals surface area contributed by atoms with Gasteiger partial charge in [-0.1, -0.05) is 12.1 Å². The predicted octanol–water partition coefficient (Wildman–Crippen LogP) is 4.18. The summed E-state index contributed by atoms with van der Waals surface area (Å²) in [6, 6.07) is 13.6. The van der Waals surface area contributed by atoms with E-state index in [-0.39, 0.29) is 17.6 Å². The van der Waals surface area contributed by atoms with Gasteiger partial charge < -0.3 is 15.4 Å². The zero-order valence-corrected chi connectivity index (χ0v) is 19.8. The molecule has 0 saturated heterocycles. The Morgan fingerprint density at radius 1 is 1.11 bits per heavy atom. The quantitative estimate of drug-likeness (QED) is 0.213. The van der Waals surface area contributed by atoms with E-state index in [1.54, 1.807) is 73.4 Å². The van der Waals surface area contributed by atoms with Crippen molar-refractivity contribution < 1.29 is 14.7 Å². The minimum absolute atomic E-state index is 0.0546. The Balaban J connectivity index is 1.42. The summed E-state index contributed by atoms with van der Waals surface area (Å²) in [4.78, 5) is 33.2. The van der Waals surface area contributed by atoms with E-state index in [2.05, 4.69) is 30.6 Å². The fraction of sp³-hybridized carbons (Fsp3) is 0.115. The van der Waals surface area contributed by atoms with Crippen molar-refractivity contribution in [2.75, 3.05) is 5.32 Å². The number of anilines is 1. The van der Waals surface area contributed by atoms with Crippen molar-refractivity contribution in [3.05, 3.63) is 88.4 Å². The van der Waals surface area contributed by atoms with Crippen LogP contribution in [0.15, 0.2) is 59.7 Å². The molecule has 1 amide bonds. The molecule has 10 nitrogen and oxygen atoms in total. The lowest BCUT2D eigenvalue weighted by Gasteiger charge is -2.07. The number of aromatic hydroxyl groups is 1. The molecule has 5 aromatic rings. The molecule has 3 heterocycles. The Kier molecular flexibility index (Phi) is 5.69. The van der Waals surface area contributed by atoms with Gasteiger partial charge in [-0.2, -0.15) is 10.2 Å². The largest absolute Gasteiger partial charge is 0.494 e. The Bertz CT molecular complexity index is 1660. The summed E-state index contributed by atoms with van der Waals surface area (Å²) in [5.41, 5.74) is 4.40. The highest BCUT2D eigenvalue weighted by Crippen LogP contribution is 2.28. The number of fused-ring (bicyclic) bond motifs is 1. The SMILES string of the molecule is Cc1cc(N=Cc2c(O)[nH]c3ccc(C(=O)c4cccc(NC(=O)c5cn(C)nc5C)c4)cc23)n[nH]1. The van der Waals surface area contributed by atoms with Crippen LogP contribution in [0.25, 0.3) is 10.9 Å². The van der Waals surface area contributed by atoms with Crippen LogP contribution >= 0.6 is 0 Å². The van der Waals surface area contributed by atoms with Crippen molar-refractivity contribution in [2.45, 2.75) is 13.8 Å². The van der Waals surface area contributed by atoms with Gasteiger partial charge in [-0.25, -0.2) is 4.99 Å². The number of nitrogens with one attached hydrogen (secondary N) is 3. The molecular weight excluding hydrogens is 458 g/mol. The smallest absolute Gasteiger partial charge is 0.259 e.